The van der Waals surface area contributed by atoms with Crippen molar-refractivity contribution in [3.05, 3.63) is 12.7 Å². The van der Waals surface area contributed by atoms with Gasteiger partial charge >= 0.3 is 0 Å². The van der Waals surface area contributed by atoms with Crippen molar-refractivity contribution in [1.29, 1.82) is 0 Å². The van der Waals surface area contributed by atoms with Gasteiger partial charge in [-0.05, 0) is 24.7 Å². The molecule has 0 bridgehead atoms. The lowest BCUT2D eigenvalue weighted by molar-refractivity contribution is -0.124. The van der Waals surface area contributed by atoms with Crippen molar-refractivity contribution in [2.24, 2.45) is 17.7 Å². The molecule has 0 aromatic carbocycles. The van der Waals surface area contributed by atoms with E-state index in [0.29, 0.717) is 17.6 Å². The zero-order valence-electron chi connectivity index (χ0n) is 13.4. The van der Waals surface area contributed by atoms with Gasteiger partial charge in [-0.1, -0.05) is 19.9 Å². The zero-order valence-corrected chi connectivity index (χ0v) is 10.4. The van der Waals surface area contributed by atoms with Gasteiger partial charge in [0.05, 0.1) is 26.0 Å². The molecule has 0 aliphatic carbocycles. The Morgan fingerprint density at radius 1 is 1.71 bits per heavy atom. The third-order valence-electron chi connectivity index (χ3n) is 2.90. The van der Waals surface area contributed by atoms with Crippen LogP contribution in [0.25, 0.3) is 0 Å². The van der Waals surface area contributed by atoms with E-state index in [0.717, 1.165) is 0 Å². The van der Waals surface area contributed by atoms with Crippen LogP contribution < -0.4 is 5.31 Å². The van der Waals surface area contributed by atoms with E-state index in [1.165, 1.54) is 0 Å². The van der Waals surface area contributed by atoms with E-state index in [-0.39, 0.29) is 12.3 Å². The monoisotopic (exact) mass is 244 g/mol. The number of aliphatic hydroxyl groups excluding tert-OH is 1. The van der Waals surface area contributed by atoms with E-state index in [4.69, 9.17) is 9.26 Å². The first-order chi connectivity index (χ1) is 9.11. The molecule has 0 unspecified atom stereocenters. The van der Waals surface area contributed by atoms with E-state index in [1.54, 1.807) is 6.08 Å². The number of rotatable bonds is 6. The molecule has 3 N–H and O–H groups in total. The average Bonchev–Trinajstić information content (AvgIpc) is 2.47. The molecule has 1 amide bonds. The fourth-order valence-corrected chi connectivity index (χ4v) is 2.04. The molecule has 1 aliphatic rings. The maximum absolute atomic E-state index is 12.1. The minimum Gasteiger partial charge on any atom is -0.394 e. The van der Waals surface area contributed by atoms with Crippen LogP contribution in [0.2, 0.25) is 1.41 Å². The number of nitrogens with one attached hydrogen (secondary N) is 1. The maximum Gasteiger partial charge on any atom is 0.226 e. The van der Waals surface area contributed by atoms with Crippen molar-refractivity contribution in [2.45, 2.75) is 38.8 Å². The molecular weight excluding hydrogens is 218 g/mol. The summed E-state index contributed by atoms with van der Waals surface area (Å²) in [6.07, 6.45) is -0.312. The van der Waals surface area contributed by atoms with Gasteiger partial charge in [-0.25, -0.2) is 0 Å². The fraction of sp³-hybridized carbons (Fsp3) is 0.769. The summed E-state index contributed by atoms with van der Waals surface area (Å²) < 4.78 is 23.7. The Hall–Kier alpha value is -0.870. The third-order valence-corrected chi connectivity index (χ3v) is 2.90. The largest absolute Gasteiger partial charge is 0.394 e. The molecule has 1 heterocycles. The summed E-state index contributed by atoms with van der Waals surface area (Å²) in [6.45, 7) is 6.93. The molecule has 0 spiro atoms. The number of allylic oxidation sites excluding steroid dienone is 1. The SMILES string of the molecule is [2H]N1C(=O)[C@]([2H])(C[C@@H](C=C)CC(C)C)[C@@]([2H])(O)[C@H]1CO. The van der Waals surface area contributed by atoms with Crippen LogP contribution in [0.5, 0.6) is 0 Å². The molecule has 1 aliphatic heterocycles. The molecule has 0 radical (unpaired) electrons. The molecule has 4 heteroatoms. The molecule has 1 saturated heterocycles. The molecular formula is C13H23NO3. The van der Waals surface area contributed by atoms with Crippen LogP contribution in [0.1, 0.15) is 29.4 Å². The van der Waals surface area contributed by atoms with E-state index in [9.17, 15) is 9.90 Å². The predicted octanol–water partition coefficient (Wildman–Crippen LogP) is 0.693. The van der Waals surface area contributed by atoms with Crippen LogP contribution in [-0.2, 0) is 4.79 Å². The average molecular weight is 244 g/mol. The minimum atomic E-state index is -2.52. The number of carbonyl (C=O) groups is 1. The molecule has 0 saturated carbocycles. The number of hydrogen-bond donors (Lipinski definition) is 3. The first-order valence-electron chi connectivity index (χ1n) is 7.34. The highest BCUT2D eigenvalue weighted by Crippen LogP contribution is 2.27. The molecule has 17 heavy (non-hydrogen) atoms. The first kappa shape index (κ1) is 10.1. The number of hydrogen-bond acceptors (Lipinski definition) is 3. The topological polar surface area (TPSA) is 69.6 Å². The second-order valence-electron chi connectivity index (χ2n) is 4.83. The van der Waals surface area contributed by atoms with Gasteiger partial charge in [0.1, 0.15) is 0 Å². The van der Waals surface area contributed by atoms with Gasteiger partial charge in [-0.3, -0.25) is 4.79 Å². The van der Waals surface area contributed by atoms with Crippen LogP contribution >= 0.6 is 0 Å². The van der Waals surface area contributed by atoms with Gasteiger partial charge in [-0.2, -0.15) is 0 Å². The number of aliphatic hydroxyl groups is 2. The highest BCUT2D eigenvalue weighted by molar-refractivity contribution is 5.82. The lowest BCUT2D eigenvalue weighted by Crippen LogP contribution is -2.35. The van der Waals surface area contributed by atoms with E-state index >= 15 is 0 Å². The second-order valence-corrected chi connectivity index (χ2v) is 4.83. The summed E-state index contributed by atoms with van der Waals surface area (Å²) in [5, 5.41) is 19.7. The fourth-order valence-electron chi connectivity index (χ4n) is 2.04. The summed E-state index contributed by atoms with van der Waals surface area (Å²) in [6, 6.07) is -1.41. The van der Waals surface area contributed by atoms with Crippen molar-refractivity contribution in [3.63, 3.8) is 0 Å². The van der Waals surface area contributed by atoms with Gasteiger partial charge < -0.3 is 15.5 Å². The zero-order chi connectivity index (χ0) is 15.7. The minimum absolute atomic E-state index is 0.0839. The first-order valence-corrected chi connectivity index (χ1v) is 5.90. The second kappa shape index (κ2) is 6.17. The predicted molar refractivity (Wildman–Crippen MR) is 66.3 cm³/mol. The normalized spacial score (nSPS) is 42.2. The van der Waals surface area contributed by atoms with Crippen LogP contribution in [0.3, 0.4) is 0 Å². The summed E-state index contributed by atoms with van der Waals surface area (Å²) in [4.78, 5) is 12.1. The van der Waals surface area contributed by atoms with Gasteiger partial charge in [0.25, 0.3) is 0 Å². The third kappa shape index (κ3) is 3.54. The molecule has 1 fully saturated rings. The van der Waals surface area contributed by atoms with Crippen molar-refractivity contribution < 1.29 is 19.2 Å². The highest BCUT2D eigenvalue weighted by atomic mass is 16.3. The quantitative estimate of drug-likeness (QED) is 0.602. The summed E-state index contributed by atoms with van der Waals surface area (Å²) >= 11 is 0. The highest BCUT2D eigenvalue weighted by Gasteiger charge is 2.41. The lowest BCUT2D eigenvalue weighted by Gasteiger charge is -2.20. The molecule has 1 rings (SSSR count). The van der Waals surface area contributed by atoms with Crippen molar-refractivity contribution in [1.82, 2.24) is 5.31 Å². The van der Waals surface area contributed by atoms with Gasteiger partial charge in [0, 0.05) is 1.37 Å². The molecule has 98 valence electrons. The molecule has 4 nitrogen and oxygen atoms in total. The van der Waals surface area contributed by atoms with Gasteiger partial charge in [0.15, 0.2) is 1.41 Å². The Labute approximate surface area is 107 Å². The van der Waals surface area contributed by atoms with Crippen LogP contribution in [0.15, 0.2) is 12.7 Å². The van der Waals surface area contributed by atoms with Crippen molar-refractivity contribution in [3.8, 4) is 0 Å². The number of amides is 1. The number of carbonyl (C=O) groups excluding carboxylic acids is 1. The smallest absolute Gasteiger partial charge is 0.226 e. The Balaban J connectivity index is 3.06. The van der Waals surface area contributed by atoms with Gasteiger partial charge in [0.2, 0.25) is 5.91 Å². The Kier molecular flexibility index (Phi) is 3.66. The van der Waals surface area contributed by atoms with Crippen molar-refractivity contribution >= 4 is 5.91 Å². The molecule has 0 aromatic heterocycles. The summed E-state index contributed by atoms with van der Waals surface area (Å²) in [5.41, 5.74) is 0. The summed E-state index contributed by atoms with van der Waals surface area (Å²) in [5.74, 6) is -3.00. The molecule has 4 atom stereocenters. The Morgan fingerprint density at radius 2 is 2.35 bits per heavy atom. The summed E-state index contributed by atoms with van der Waals surface area (Å²) in [7, 11) is 0. The maximum atomic E-state index is 12.1. The van der Waals surface area contributed by atoms with E-state index < -0.39 is 30.5 Å². The Morgan fingerprint density at radius 3 is 2.76 bits per heavy atom. The van der Waals surface area contributed by atoms with Gasteiger partial charge in [-0.15, -0.1) is 6.58 Å². The standard InChI is InChI=1S/C13H23NO3/c1-4-9(5-8(2)3)6-10-12(16)11(7-15)14-13(10)17/h4,8-12,15-16H,1,5-7H2,2-3H3,(H,14,17)/t9-,10+,11+,12+/m0/s1/i10D,12D/hD. The molecule has 0 aromatic rings. The van der Waals surface area contributed by atoms with Crippen molar-refractivity contribution in [2.75, 3.05) is 6.61 Å². The van der Waals surface area contributed by atoms with Crippen LogP contribution in [0, 0.1) is 17.7 Å². The van der Waals surface area contributed by atoms with E-state index in [1.807, 2.05) is 13.8 Å². The lowest BCUT2D eigenvalue weighted by atomic mass is 9.85. The Bertz CT molecular complexity index is 389. The van der Waals surface area contributed by atoms with E-state index in [2.05, 4.69) is 6.58 Å². The van der Waals surface area contributed by atoms with Crippen LogP contribution in [-0.4, -0.2) is 34.8 Å². The van der Waals surface area contributed by atoms with Crippen LogP contribution in [0.4, 0.5) is 0 Å².